The minimum Gasteiger partial charge on any atom is -0.465 e. The molecular weight excluding hydrogens is 430 g/mol. The maximum atomic E-state index is 10.9. The summed E-state index contributed by atoms with van der Waals surface area (Å²) < 4.78 is 5.61. The summed E-state index contributed by atoms with van der Waals surface area (Å²) in [6, 6.07) is 12.3. The fourth-order valence-corrected chi connectivity index (χ4v) is 4.17. The Balaban J connectivity index is 1.12. The van der Waals surface area contributed by atoms with Crippen LogP contribution < -0.4 is 0 Å². The SMILES string of the molecule is O=C(O)N1CCN(CCOCC#Cc2ccc(-c3ccc4c(c3)[nH]c3ccncc34)cn2)CC1. The molecule has 0 radical (unpaired) electrons. The number of benzene rings is 1. The van der Waals surface area contributed by atoms with Crippen LogP contribution in [0.4, 0.5) is 4.79 Å². The molecule has 1 aliphatic rings. The quantitative estimate of drug-likeness (QED) is 0.354. The van der Waals surface area contributed by atoms with E-state index >= 15 is 0 Å². The number of amides is 1. The summed E-state index contributed by atoms with van der Waals surface area (Å²) in [7, 11) is 0. The number of hydrogen-bond donors (Lipinski definition) is 2. The van der Waals surface area contributed by atoms with Crippen molar-refractivity contribution in [3.8, 4) is 23.0 Å². The van der Waals surface area contributed by atoms with Gasteiger partial charge in [0.05, 0.1) is 6.61 Å². The Morgan fingerprint density at radius 2 is 1.88 bits per heavy atom. The second-order valence-corrected chi connectivity index (χ2v) is 8.20. The number of fused-ring (bicyclic) bond motifs is 3. The number of nitrogens with zero attached hydrogens (tertiary/aromatic N) is 4. The molecular formula is C26H25N5O3. The summed E-state index contributed by atoms with van der Waals surface area (Å²) >= 11 is 0. The van der Waals surface area contributed by atoms with Gasteiger partial charge in [-0.2, -0.15) is 0 Å². The van der Waals surface area contributed by atoms with Gasteiger partial charge in [-0.05, 0) is 29.7 Å². The van der Waals surface area contributed by atoms with Crippen molar-refractivity contribution < 1.29 is 14.6 Å². The van der Waals surface area contributed by atoms with Gasteiger partial charge in [-0.15, -0.1) is 0 Å². The summed E-state index contributed by atoms with van der Waals surface area (Å²) in [6.07, 6.45) is 4.67. The molecule has 8 nitrogen and oxygen atoms in total. The van der Waals surface area contributed by atoms with Gasteiger partial charge in [0.15, 0.2) is 0 Å². The Labute approximate surface area is 197 Å². The van der Waals surface area contributed by atoms with E-state index in [1.165, 1.54) is 4.90 Å². The molecule has 4 aromatic rings. The van der Waals surface area contributed by atoms with Gasteiger partial charge in [0.2, 0.25) is 0 Å². The Morgan fingerprint density at radius 1 is 1.03 bits per heavy atom. The van der Waals surface area contributed by atoms with E-state index in [0.29, 0.717) is 32.0 Å². The zero-order valence-corrected chi connectivity index (χ0v) is 18.7. The van der Waals surface area contributed by atoms with E-state index in [0.717, 1.165) is 52.6 Å². The van der Waals surface area contributed by atoms with Crippen LogP contribution in [0.25, 0.3) is 32.9 Å². The third-order valence-electron chi connectivity index (χ3n) is 6.08. The standard InChI is InChI=1S/C26H25N5O3/c32-26(33)31-11-9-30(10-12-31)13-15-34-14-1-2-21-5-3-20(17-28-21)19-4-6-22-23-18-27-8-7-24(23)29-25(22)16-19/h3-8,16-18,29H,9-15H2,(H,32,33). The van der Waals surface area contributed by atoms with Crippen molar-refractivity contribution in [3.63, 3.8) is 0 Å². The van der Waals surface area contributed by atoms with Crippen LogP contribution >= 0.6 is 0 Å². The van der Waals surface area contributed by atoms with Crippen LogP contribution in [0.3, 0.4) is 0 Å². The molecule has 0 atom stereocenters. The van der Waals surface area contributed by atoms with Crippen LogP contribution in [0.5, 0.6) is 0 Å². The average molecular weight is 456 g/mol. The number of aromatic amines is 1. The van der Waals surface area contributed by atoms with Gasteiger partial charge in [-0.25, -0.2) is 9.78 Å². The smallest absolute Gasteiger partial charge is 0.407 e. The summed E-state index contributed by atoms with van der Waals surface area (Å²) in [5, 5.41) is 11.3. The van der Waals surface area contributed by atoms with Gasteiger partial charge in [0, 0.05) is 78.7 Å². The number of carbonyl (C=O) groups is 1. The number of ether oxygens (including phenoxy) is 1. The molecule has 34 heavy (non-hydrogen) atoms. The topological polar surface area (TPSA) is 94.6 Å². The van der Waals surface area contributed by atoms with E-state index < -0.39 is 6.09 Å². The minimum atomic E-state index is -0.846. The predicted octanol–water partition coefficient (Wildman–Crippen LogP) is 3.44. The molecule has 1 fully saturated rings. The Kier molecular flexibility index (Phi) is 6.38. The Morgan fingerprint density at radius 3 is 2.68 bits per heavy atom. The van der Waals surface area contributed by atoms with Gasteiger partial charge in [-0.3, -0.25) is 9.88 Å². The Hall–Kier alpha value is -3.93. The number of nitrogens with one attached hydrogen (secondary N) is 1. The summed E-state index contributed by atoms with van der Waals surface area (Å²) in [4.78, 5) is 26.7. The molecule has 5 rings (SSSR count). The molecule has 0 unspecified atom stereocenters. The fourth-order valence-electron chi connectivity index (χ4n) is 4.17. The third-order valence-corrected chi connectivity index (χ3v) is 6.08. The van der Waals surface area contributed by atoms with E-state index in [4.69, 9.17) is 9.84 Å². The van der Waals surface area contributed by atoms with Gasteiger partial charge in [0.25, 0.3) is 0 Å². The number of carboxylic acid groups (broad SMARTS) is 1. The van der Waals surface area contributed by atoms with Gasteiger partial charge < -0.3 is 19.7 Å². The summed E-state index contributed by atoms with van der Waals surface area (Å²) in [5.41, 5.74) is 4.98. The monoisotopic (exact) mass is 455 g/mol. The predicted molar refractivity (Wildman–Crippen MR) is 131 cm³/mol. The molecule has 1 aliphatic heterocycles. The van der Waals surface area contributed by atoms with E-state index in [2.05, 4.69) is 49.9 Å². The molecule has 8 heteroatoms. The van der Waals surface area contributed by atoms with Gasteiger partial charge in [0.1, 0.15) is 12.3 Å². The number of aromatic nitrogens is 3. The first-order chi connectivity index (χ1) is 16.7. The first kappa shape index (κ1) is 21.9. The second kappa shape index (κ2) is 9.91. The van der Waals surface area contributed by atoms with E-state index in [-0.39, 0.29) is 0 Å². The zero-order chi connectivity index (χ0) is 23.3. The van der Waals surface area contributed by atoms with Crippen molar-refractivity contribution in [2.75, 3.05) is 45.9 Å². The first-order valence-corrected chi connectivity index (χ1v) is 11.3. The third kappa shape index (κ3) is 4.86. The highest BCUT2D eigenvalue weighted by Crippen LogP contribution is 2.28. The average Bonchev–Trinajstić information content (AvgIpc) is 3.24. The fraction of sp³-hybridized carbons (Fsp3) is 0.269. The normalized spacial score (nSPS) is 14.3. The first-order valence-electron chi connectivity index (χ1n) is 11.3. The molecule has 2 N–H and O–H groups in total. The van der Waals surface area contributed by atoms with Crippen molar-refractivity contribution >= 4 is 27.9 Å². The van der Waals surface area contributed by atoms with E-state index in [9.17, 15) is 4.79 Å². The van der Waals surface area contributed by atoms with Gasteiger partial charge in [-0.1, -0.05) is 24.1 Å². The number of pyridine rings is 2. The Bertz CT molecular complexity index is 1360. The van der Waals surface area contributed by atoms with Crippen molar-refractivity contribution in [2.45, 2.75) is 0 Å². The molecule has 1 aromatic carbocycles. The molecule has 172 valence electrons. The van der Waals surface area contributed by atoms with Crippen LogP contribution in [-0.4, -0.2) is 81.9 Å². The highest BCUT2D eigenvalue weighted by molar-refractivity contribution is 6.07. The van der Waals surface area contributed by atoms with Crippen LogP contribution in [-0.2, 0) is 4.74 Å². The molecule has 0 saturated carbocycles. The van der Waals surface area contributed by atoms with E-state index in [1.54, 1.807) is 6.20 Å². The maximum absolute atomic E-state index is 10.9. The molecule has 4 heterocycles. The minimum absolute atomic E-state index is 0.338. The lowest BCUT2D eigenvalue weighted by Crippen LogP contribution is -2.48. The largest absolute Gasteiger partial charge is 0.465 e. The number of piperazine rings is 1. The van der Waals surface area contributed by atoms with Crippen molar-refractivity contribution in [3.05, 3.63) is 60.7 Å². The number of hydrogen-bond acceptors (Lipinski definition) is 5. The summed E-state index contributed by atoms with van der Waals surface area (Å²) in [5.74, 6) is 6.05. The summed E-state index contributed by atoms with van der Waals surface area (Å²) in [6.45, 7) is 4.25. The van der Waals surface area contributed by atoms with Crippen molar-refractivity contribution in [2.24, 2.45) is 0 Å². The highest BCUT2D eigenvalue weighted by atomic mass is 16.5. The molecule has 0 bridgehead atoms. The highest BCUT2D eigenvalue weighted by Gasteiger charge is 2.19. The molecule has 0 aliphatic carbocycles. The zero-order valence-electron chi connectivity index (χ0n) is 18.7. The van der Waals surface area contributed by atoms with Crippen LogP contribution in [0.15, 0.2) is 55.0 Å². The molecule has 0 spiro atoms. The van der Waals surface area contributed by atoms with Crippen LogP contribution in [0.1, 0.15) is 5.69 Å². The van der Waals surface area contributed by atoms with E-state index in [1.807, 2.05) is 30.6 Å². The molecule has 1 saturated heterocycles. The lowest BCUT2D eigenvalue weighted by atomic mass is 10.1. The van der Waals surface area contributed by atoms with Crippen molar-refractivity contribution in [1.29, 1.82) is 0 Å². The number of H-pyrrole nitrogens is 1. The van der Waals surface area contributed by atoms with Crippen molar-refractivity contribution in [1.82, 2.24) is 24.8 Å². The molecule has 1 amide bonds. The lowest BCUT2D eigenvalue weighted by Gasteiger charge is -2.32. The second-order valence-electron chi connectivity index (χ2n) is 8.20. The molecule has 3 aromatic heterocycles. The lowest BCUT2D eigenvalue weighted by molar-refractivity contribution is 0.0818. The number of rotatable bonds is 5. The van der Waals surface area contributed by atoms with Gasteiger partial charge >= 0.3 is 6.09 Å². The van der Waals surface area contributed by atoms with Crippen LogP contribution in [0.2, 0.25) is 0 Å². The maximum Gasteiger partial charge on any atom is 0.407 e. The van der Waals surface area contributed by atoms with Crippen LogP contribution in [0, 0.1) is 11.8 Å².